The van der Waals surface area contributed by atoms with E-state index in [-0.39, 0.29) is 18.3 Å². The van der Waals surface area contributed by atoms with E-state index in [1.807, 2.05) is 31.2 Å². The number of amides is 1. The van der Waals surface area contributed by atoms with Crippen LogP contribution in [0.3, 0.4) is 0 Å². The van der Waals surface area contributed by atoms with Crippen molar-refractivity contribution in [2.45, 2.75) is 13.5 Å². The summed E-state index contributed by atoms with van der Waals surface area (Å²) in [7, 11) is 0. The van der Waals surface area contributed by atoms with Crippen LogP contribution in [0.1, 0.15) is 21.9 Å². The van der Waals surface area contributed by atoms with E-state index in [0.717, 1.165) is 11.3 Å². The highest BCUT2D eigenvalue weighted by atomic mass is 16.5. The van der Waals surface area contributed by atoms with Crippen molar-refractivity contribution >= 4 is 11.9 Å². The van der Waals surface area contributed by atoms with Gasteiger partial charge >= 0.3 is 0 Å². The lowest BCUT2D eigenvalue weighted by Crippen LogP contribution is -2.12. The van der Waals surface area contributed by atoms with Crippen molar-refractivity contribution in [3.8, 4) is 5.75 Å². The molecule has 0 bridgehead atoms. The Morgan fingerprint density at radius 1 is 1.27 bits per heavy atom. The summed E-state index contributed by atoms with van der Waals surface area (Å²) in [6.45, 7) is 2.26. The second-order valence-electron chi connectivity index (χ2n) is 4.66. The van der Waals surface area contributed by atoms with Gasteiger partial charge in [0.1, 0.15) is 24.4 Å². The Morgan fingerprint density at radius 2 is 2.09 bits per heavy atom. The van der Waals surface area contributed by atoms with Crippen LogP contribution >= 0.6 is 0 Å². The zero-order valence-corrected chi connectivity index (χ0v) is 11.9. The Hall–Kier alpha value is -3.09. The molecule has 0 atom stereocenters. The van der Waals surface area contributed by atoms with Gasteiger partial charge in [-0.15, -0.1) is 0 Å². The highest BCUT2D eigenvalue weighted by molar-refractivity contribution is 6.01. The third kappa shape index (κ3) is 3.32. The molecular formula is C15H14N4O3. The van der Waals surface area contributed by atoms with Crippen molar-refractivity contribution in [2.75, 3.05) is 5.32 Å². The minimum absolute atomic E-state index is 0.180. The third-order valence-electron chi connectivity index (χ3n) is 2.93. The van der Waals surface area contributed by atoms with E-state index >= 15 is 0 Å². The number of aromatic amines is 1. The Labute approximate surface area is 126 Å². The lowest BCUT2D eigenvalue weighted by atomic mass is 10.2. The maximum atomic E-state index is 11.9. The van der Waals surface area contributed by atoms with E-state index in [1.54, 1.807) is 12.1 Å². The molecule has 2 heterocycles. The Kier molecular flexibility index (Phi) is 3.86. The van der Waals surface area contributed by atoms with Gasteiger partial charge in [-0.25, -0.2) is 5.10 Å². The van der Waals surface area contributed by atoms with Gasteiger partial charge < -0.3 is 9.15 Å². The summed E-state index contributed by atoms with van der Waals surface area (Å²) in [6, 6.07) is 11.0. The van der Waals surface area contributed by atoms with Gasteiger partial charge in [-0.3, -0.25) is 10.1 Å². The van der Waals surface area contributed by atoms with E-state index in [1.165, 1.54) is 6.33 Å². The van der Waals surface area contributed by atoms with Crippen LogP contribution in [0, 0.1) is 6.92 Å². The van der Waals surface area contributed by atoms with Crippen LogP contribution in [0.25, 0.3) is 0 Å². The quantitative estimate of drug-likeness (QED) is 0.755. The number of hydrogen-bond acceptors (Lipinski definition) is 5. The maximum Gasteiger partial charge on any atom is 0.293 e. The summed E-state index contributed by atoms with van der Waals surface area (Å²) in [5, 5.41) is 8.71. The molecule has 0 aliphatic heterocycles. The zero-order chi connectivity index (χ0) is 15.4. The van der Waals surface area contributed by atoms with Gasteiger partial charge in [-0.05, 0) is 31.2 Å². The smallest absolute Gasteiger partial charge is 0.293 e. The molecule has 0 spiro atoms. The summed E-state index contributed by atoms with van der Waals surface area (Å²) >= 11 is 0. The average Bonchev–Trinajstić information content (AvgIpc) is 3.18. The molecule has 2 N–H and O–H groups in total. The van der Waals surface area contributed by atoms with Crippen LogP contribution in [0.5, 0.6) is 5.75 Å². The van der Waals surface area contributed by atoms with Gasteiger partial charge in [0.15, 0.2) is 5.76 Å². The number of benzene rings is 1. The third-order valence-corrected chi connectivity index (χ3v) is 2.93. The molecule has 2 aromatic heterocycles. The molecule has 22 heavy (non-hydrogen) atoms. The van der Waals surface area contributed by atoms with Crippen molar-refractivity contribution in [2.24, 2.45) is 0 Å². The van der Waals surface area contributed by atoms with Gasteiger partial charge in [0.25, 0.3) is 5.91 Å². The second kappa shape index (κ2) is 6.13. The van der Waals surface area contributed by atoms with Crippen LogP contribution in [0.2, 0.25) is 0 Å². The number of nitrogens with zero attached hydrogens (tertiary/aromatic N) is 2. The maximum absolute atomic E-state index is 11.9. The number of nitrogens with one attached hydrogen (secondary N) is 2. The van der Waals surface area contributed by atoms with Crippen LogP contribution in [0.15, 0.2) is 47.1 Å². The molecule has 0 saturated carbocycles. The molecule has 0 saturated heterocycles. The normalized spacial score (nSPS) is 10.4. The van der Waals surface area contributed by atoms with Crippen molar-refractivity contribution in [3.05, 3.63) is 59.8 Å². The van der Waals surface area contributed by atoms with E-state index in [9.17, 15) is 4.79 Å². The van der Waals surface area contributed by atoms with E-state index in [0.29, 0.717) is 5.76 Å². The minimum atomic E-state index is -0.404. The lowest BCUT2D eigenvalue weighted by molar-refractivity contribution is 0.0992. The Balaban J connectivity index is 1.58. The highest BCUT2D eigenvalue weighted by Gasteiger charge is 2.12. The Bertz CT molecular complexity index is 747. The molecule has 0 aliphatic rings. The topological polar surface area (TPSA) is 93.0 Å². The fraction of sp³-hybridized carbons (Fsp3) is 0.133. The number of carbonyl (C=O) groups excluding carboxylic acids is 1. The van der Waals surface area contributed by atoms with Crippen LogP contribution < -0.4 is 10.1 Å². The number of rotatable bonds is 5. The first-order valence-electron chi connectivity index (χ1n) is 6.65. The molecule has 0 radical (unpaired) electrons. The molecule has 1 amide bonds. The molecular weight excluding hydrogens is 284 g/mol. The van der Waals surface area contributed by atoms with Crippen molar-refractivity contribution < 1.29 is 13.9 Å². The summed E-state index contributed by atoms with van der Waals surface area (Å²) in [6.07, 6.45) is 1.30. The number of H-pyrrole nitrogens is 1. The number of furan rings is 1. The number of carbonyl (C=O) groups is 1. The SMILES string of the molecule is Cc1ccc(OCc2ccc(C(=O)Nc3ncn[nH]3)o2)cc1. The van der Waals surface area contributed by atoms with Gasteiger partial charge in [0, 0.05) is 0 Å². The lowest BCUT2D eigenvalue weighted by Gasteiger charge is -2.04. The minimum Gasteiger partial charge on any atom is -0.486 e. The molecule has 0 aliphatic carbocycles. The molecule has 1 aromatic carbocycles. The van der Waals surface area contributed by atoms with Crippen LogP contribution in [-0.2, 0) is 6.61 Å². The number of hydrogen-bond donors (Lipinski definition) is 2. The molecule has 112 valence electrons. The number of ether oxygens (including phenoxy) is 1. The predicted octanol–water partition coefficient (Wildman–Crippen LogP) is 2.54. The largest absolute Gasteiger partial charge is 0.486 e. The molecule has 7 heteroatoms. The number of aryl methyl sites for hydroxylation is 1. The molecule has 3 aromatic rings. The average molecular weight is 298 g/mol. The fourth-order valence-electron chi connectivity index (χ4n) is 1.80. The standard InChI is InChI=1S/C15H14N4O3/c1-10-2-4-11(5-3-10)21-8-12-6-7-13(22-12)14(20)18-15-16-9-17-19-15/h2-7,9H,8H2,1H3,(H2,16,17,18,19,20). The van der Waals surface area contributed by atoms with Crippen LogP contribution in [0.4, 0.5) is 5.95 Å². The van der Waals surface area contributed by atoms with Crippen LogP contribution in [-0.4, -0.2) is 21.1 Å². The number of anilines is 1. The van der Waals surface area contributed by atoms with E-state index in [4.69, 9.17) is 9.15 Å². The molecule has 3 rings (SSSR count). The second-order valence-corrected chi connectivity index (χ2v) is 4.66. The van der Waals surface area contributed by atoms with Crippen molar-refractivity contribution in [3.63, 3.8) is 0 Å². The monoisotopic (exact) mass is 298 g/mol. The first-order valence-corrected chi connectivity index (χ1v) is 6.65. The van der Waals surface area contributed by atoms with Gasteiger partial charge in [0.2, 0.25) is 5.95 Å². The summed E-state index contributed by atoms with van der Waals surface area (Å²) < 4.78 is 11.0. The van der Waals surface area contributed by atoms with Gasteiger partial charge in [-0.1, -0.05) is 17.7 Å². The van der Waals surface area contributed by atoms with Crippen molar-refractivity contribution in [1.29, 1.82) is 0 Å². The molecule has 0 unspecified atom stereocenters. The van der Waals surface area contributed by atoms with E-state index < -0.39 is 5.91 Å². The molecule has 0 fully saturated rings. The van der Waals surface area contributed by atoms with Crippen molar-refractivity contribution in [1.82, 2.24) is 15.2 Å². The number of aromatic nitrogens is 3. The first kappa shape index (κ1) is 13.9. The summed E-state index contributed by atoms with van der Waals surface area (Å²) in [5.74, 6) is 1.34. The molecule has 7 nitrogen and oxygen atoms in total. The zero-order valence-electron chi connectivity index (χ0n) is 11.9. The summed E-state index contributed by atoms with van der Waals surface area (Å²) in [4.78, 5) is 15.7. The predicted molar refractivity (Wildman–Crippen MR) is 78.6 cm³/mol. The Morgan fingerprint density at radius 3 is 2.82 bits per heavy atom. The highest BCUT2D eigenvalue weighted by Crippen LogP contribution is 2.15. The fourth-order valence-corrected chi connectivity index (χ4v) is 1.80. The van der Waals surface area contributed by atoms with Gasteiger partial charge in [-0.2, -0.15) is 10.1 Å². The first-order chi connectivity index (χ1) is 10.7. The van der Waals surface area contributed by atoms with E-state index in [2.05, 4.69) is 20.5 Å². The summed E-state index contributed by atoms with van der Waals surface area (Å²) in [5.41, 5.74) is 1.16. The van der Waals surface area contributed by atoms with Gasteiger partial charge in [0.05, 0.1) is 0 Å².